The average molecular weight is 180 g/mol. The van der Waals surface area contributed by atoms with Crippen LogP contribution in [0.5, 0.6) is 0 Å². The molecule has 0 saturated heterocycles. The highest BCUT2D eigenvalue weighted by Crippen LogP contribution is 2.41. The molecule has 1 saturated carbocycles. The topological polar surface area (TPSA) is 20.2 Å². The molecule has 0 aromatic carbocycles. The number of alkyl halides is 2. The van der Waals surface area contributed by atoms with Gasteiger partial charge in [-0.3, -0.25) is 0 Å². The van der Waals surface area contributed by atoms with E-state index >= 15 is 0 Å². The number of aliphatic hydroxyl groups is 1. The van der Waals surface area contributed by atoms with Crippen LogP contribution < -0.4 is 0 Å². The maximum atomic E-state index is 12.6. The number of rotatable bonds is 1. The predicted molar refractivity (Wildman–Crippen MR) is 45.4 cm³/mol. The Morgan fingerprint density at radius 3 is 1.67 bits per heavy atom. The molecule has 0 atom stereocenters. The van der Waals surface area contributed by atoms with Crippen molar-refractivity contribution in [1.82, 2.24) is 0 Å². The first-order chi connectivity index (χ1) is 5.46. The molecule has 0 heterocycles. The summed E-state index contributed by atoms with van der Waals surface area (Å²) in [6.07, 6.45) is 1.94. The fraction of sp³-hybridized carbons (Fsp3) is 1.00. The third-order valence-corrected chi connectivity index (χ3v) is 2.25. The van der Waals surface area contributed by atoms with Gasteiger partial charge >= 0.3 is 0 Å². The summed E-state index contributed by atoms with van der Waals surface area (Å²) < 4.78 is 25.1. The van der Waals surface area contributed by atoms with Crippen LogP contribution in [-0.2, 0) is 0 Å². The van der Waals surface area contributed by atoms with Crippen LogP contribution >= 0.6 is 0 Å². The van der Waals surface area contributed by atoms with Gasteiger partial charge in [0.1, 0.15) is 5.60 Å². The molecule has 1 nitrogen and oxygen atoms in total. The number of halogens is 2. The molecule has 1 N–H and O–H groups in total. The summed E-state index contributed by atoms with van der Waals surface area (Å²) in [5.41, 5.74) is -1.70. The van der Waals surface area contributed by atoms with Gasteiger partial charge in [0.25, 0.3) is 5.92 Å². The van der Waals surface area contributed by atoms with Crippen molar-refractivity contribution in [3.8, 4) is 0 Å². The first-order valence-corrected chi connectivity index (χ1v) is 4.56. The summed E-state index contributed by atoms with van der Waals surface area (Å²) >= 11 is 0. The van der Waals surface area contributed by atoms with E-state index < -0.39 is 11.5 Å². The minimum Gasteiger partial charge on any atom is -0.384 e. The molecular weight excluding hydrogens is 162 g/mol. The van der Waals surface area contributed by atoms with E-state index in [0.29, 0.717) is 0 Å². The maximum Gasteiger partial charge on any atom is 0.273 e. The molecule has 0 bridgehead atoms. The van der Waals surface area contributed by atoms with Crippen LogP contribution in [0.2, 0.25) is 0 Å². The van der Waals surface area contributed by atoms with Crippen molar-refractivity contribution in [3.63, 3.8) is 0 Å². The second kappa shape index (κ2) is 4.17. The normalized spacial score (nSPS) is 21.5. The van der Waals surface area contributed by atoms with Crippen molar-refractivity contribution >= 4 is 0 Å². The molecule has 1 aliphatic rings. The lowest BCUT2D eigenvalue weighted by molar-refractivity contribution is -0.164. The Labute approximate surface area is 72.8 Å². The summed E-state index contributed by atoms with van der Waals surface area (Å²) in [6.45, 7) is 4.79. The zero-order chi connectivity index (χ0) is 9.83. The minimum atomic E-state index is -2.93. The molecule has 0 spiro atoms. The van der Waals surface area contributed by atoms with Crippen molar-refractivity contribution < 1.29 is 13.9 Å². The molecule has 0 unspecified atom stereocenters. The van der Waals surface area contributed by atoms with Crippen LogP contribution in [0.3, 0.4) is 0 Å². The summed E-state index contributed by atoms with van der Waals surface area (Å²) in [6, 6.07) is 0. The van der Waals surface area contributed by atoms with Gasteiger partial charge in [-0.1, -0.05) is 26.7 Å². The Morgan fingerprint density at radius 2 is 1.50 bits per heavy atom. The Balaban J connectivity index is 0.000000561. The van der Waals surface area contributed by atoms with Gasteiger partial charge in [-0.15, -0.1) is 0 Å². The molecule has 3 heteroatoms. The highest BCUT2D eigenvalue weighted by Gasteiger charge is 2.49. The Morgan fingerprint density at radius 1 is 1.17 bits per heavy atom. The van der Waals surface area contributed by atoms with E-state index in [1.165, 1.54) is 0 Å². The van der Waals surface area contributed by atoms with Gasteiger partial charge in [0.15, 0.2) is 0 Å². The predicted octanol–water partition coefficient (Wildman–Crippen LogP) is 2.97. The van der Waals surface area contributed by atoms with Gasteiger partial charge in [0, 0.05) is 6.92 Å². The molecule has 0 aromatic rings. The van der Waals surface area contributed by atoms with Gasteiger partial charge < -0.3 is 5.11 Å². The molecule has 12 heavy (non-hydrogen) atoms. The monoisotopic (exact) mass is 180 g/mol. The highest BCUT2D eigenvalue weighted by atomic mass is 19.3. The second-order valence-corrected chi connectivity index (χ2v) is 3.13. The summed E-state index contributed by atoms with van der Waals surface area (Å²) in [5.74, 6) is -2.93. The molecule has 0 radical (unpaired) electrons. The standard InChI is InChI=1S/C7H12F2O.C2H6/c1-6(8,9)7(10)4-2-3-5-7;1-2/h10H,2-5H2,1H3;1-2H3. The van der Waals surface area contributed by atoms with Crippen molar-refractivity contribution in [2.45, 2.75) is 58.0 Å². The van der Waals surface area contributed by atoms with Crippen molar-refractivity contribution in [1.29, 1.82) is 0 Å². The summed E-state index contributed by atoms with van der Waals surface area (Å²) in [4.78, 5) is 0. The maximum absolute atomic E-state index is 12.6. The van der Waals surface area contributed by atoms with Crippen LogP contribution in [-0.4, -0.2) is 16.6 Å². The van der Waals surface area contributed by atoms with E-state index in [0.717, 1.165) is 19.8 Å². The quantitative estimate of drug-likeness (QED) is 0.657. The fourth-order valence-electron chi connectivity index (χ4n) is 1.40. The van der Waals surface area contributed by atoms with Gasteiger partial charge in [-0.25, -0.2) is 8.78 Å². The zero-order valence-electron chi connectivity index (χ0n) is 8.03. The van der Waals surface area contributed by atoms with Gasteiger partial charge in [-0.2, -0.15) is 0 Å². The molecule has 0 aliphatic heterocycles. The summed E-state index contributed by atoms with van der Waals surface area (Å²) in [7, 11) is 0. The van der Waals surface area contributed by atoms with E-state index in [-0.39, 0.29) is 12.8 Å². The van der Waals surface area contributed by atoms with Crippen molar-refractivity contribution in [3.05, 3.63) is 0 Å². The fourth-order valence-corrected chi connectivity index (χ4v) is 1.40. The van der Waals surface area contributed by atoms with Gasteiger partial charge in [-0.05, 0) is 12.8 Å². The van der Waals surface area contributed by atoms with Crippen LogP contribution in [0.4, 0.5) is 8.78 Å². The molecule has 0 amide bonds. The Hall–Kier alpha value is -0.180. The molecule has 1 rings (SSSR count). The zero-order valence-corrected chi connectivity index (χ0v) is 8.03. The Bertz CT molecular complexity index is 123. The lowest BCUT2D eigenvalue weighted by Gasteiger charge is -2.28. The molecule has 1 aliphatic carbocycles. The first kappa shape index (κ1) is 11.8. The van der Waals surface area contributed by atoms with Crippen LogP contribution in [0.15, 0.2) is 0 Å². The van der Waals surface area contributed by atoms with Crippen molar-refractivity contribution in [2.24, 2.45) is 0 Å². The number of hydrogen-bond donors (Lipinski definition) is 1. The van der Waals surface area contributed by atoms with E-state index in [2.05, 4.69) is 0 Å². The second-order valence-electron chi connectivity index (χ2n) is 3.13. The molecule has 1 fully saturated rings. The summed E-state index contributed by atoms with van der Waals surface area (Å²) in [5, 5.41) is 9.28. The average Bonchev–Trinajstić information content (AvgIpc) is 2.40. The Kier molecular flexibility index (Phi) is 4.11. The van der Waals surface area contributed by atoms with Gasteiger partial charge in [0.2, 0.25) is 0 Å². The molecule has 0 aromatic heterocycles. The SMILES string of the molecule is CC.CC(F)(F)C1(O)CCCC1. The third kappa shape index (κ3) is 2.41. The smallest absolute Gasteiger partial charge is 0.273 e. The minimum absolute atomic E-state index is 0.247. The third-order valence-electron chi connectivity index (χ3n) is 2.25. The molecule has 74 valence electrons. The lowest BCUT2D eigenvalue weighted by Crippen LogP contribution is -2.43. The lowest BCUT2D eigenvalue weighted by atomic mass is 9.95. The van der Waals surface area contributed by atoms with E-state index in [9.17, 15) is 13.9 Å². The van der Waals surface area contributed by atoms with Crippen molar-refractivity contribution in [2.75, 3.05) is 0 Å². The largest absolute Gasteiger partial charge is 0.384 e. The molecular formula is C9H18F2O. The van der Waals surface area contributed by atoms with Crippen LogP contribution in [0.1, 0.15) is 46.5 Å². The van der Waals surface area contributed by atoms with Crippen LogP contribution in [0.25, 0.3) is 0 Å². The van der Waals surface area contributed by atoms with E-state index in [1.807, 2.05) is 13.8 Å². The van der Waals surface area contributed by atoms with Crippen LogP contribution in [0, 0.1) is 0 Å². The van der Waals surface area contributed by atoms with E-state index in [1.54, 1.807) is 0 Å². The first-order valence-electron chi connectivity index (χ1n) is 4.56. The number of hydrogen-bond acceptors (Lipinski definition) is 1. The highest BCUT2D eigenvalue weighted by molar-refractivity contribution is 4.93. The van der Waals surface area contributed by atoms with Gasteiger partial charge in [0.05, 0.1) is 0 Å². The van der Waals surface area contributed by atoms with E-state index in [4.69, 9.17) is 0 Å².